The molecule has 2 rings (SSSR count). The van der Waals surface area contributed by atoms with Crippen molar-refractivity contribution in [2.75, 3.05) is 26.7 Å². The molecule has 5 nitrogen and oxygen atoms in total. The van der Waals surface area contributed by atoms with Crippen LogP contribution in [0.25, 0.3) is 0 Å². The number of nitrogens with zero attached hydrogens (tertiary/aromatic N) is 4. The predicted molar refractivity (Wildman–Crippen MR) is 59.6 cm³/mol. The molecule has 0 saturated carbocycles. The number of rotatable bonds is 1. The third kappa shape index (κ3) is 2.35. The zero-order valence-corrected chi connectivity index (χ0v) is 9.35. The van der Waals surface area contributed by atoms with Gasteiger partial charge in [0.1, 0.15) is 6.07 Å². The molecule has 16 heavy (non-hydrogen) atoms. The molecule has 1 saturated heterocycles. The van der Waals surface area contributed by atoms with Gasteiger partial charge >= 0.3 is 0 Å². The van der Waals surface area contributed by atoms with Crippen LogP contribution in [0.5, 0.6) is 0 Å². The van der Waals surface area contributed by atoms with E-state index in [1.807, 2.05) is 6.07 Å². The first-order valence-electron chi connectivity index (χ1n) is 5.44. The van der Waals surface area contributed by atoms with Crippen molar-refractivity contribution in [2.24, 2.45) is 0 Å². The summed E-state index contributed by atoms with van der Waals surface area (Å²) < 4.78 is 0. The molecule has 1 aromatic heterocycles. The average molecular weight is 217 g/mol. The van der Waals surface area contributed by atoms with Crippen molar-refractivity contribution < 1.29 is 0 Å². The van der Waals surface area contributed by atoms with Crippen LogP contribution < -0.4 is 5.32 Å². The van der Waals surface area contributed by atoms with E-state index in [0.717, 1.165) is 31.6 Å². The standard InChI is InChI=1S/C11H15N5/c1-16-4-2-3-13-8-10(16)9-6-14-11(5-12)15-7-9/h6-7,10,13H,2-4,8H2,1H3. The van der Waals surface area contributed by atoms with Gasteiger partial charge in [0.15, 0.2) is 0 Å². The Hall–Kier alpha value is -1.51. The molecule has 0 aliphatic carbocycles. The molecule has 1 unspecified atom stereocenters. The maximum Gasteiger partial charge on any atom is 0.232 e. The molecule has 2 heterocycles. The van der Waals surface area contributed by atoms with E-state index in [-0.39, 0.29) is 5.82 Å². The molecule has 0 spiro atoms. The molecular formula is C11H15N5. The highest BCUT2D eigenvalue weighted by atomic mass is 15.2. The van der Waals surface area contributed by atoms with Crippen LogP contribution in [0, 0.1) is 11.3 Å². The van der Waals surface area contributed by atoms with Gasteiger partial charge in [-0.1, -0.05) is 0 Å². The third-order valence-corrected chi connectivity index (χ3v) is 2.89. The Morgan fingerprint density at radius 3 is 2.94 bits per heavy atom. The highest BCUT2D eigenvalue weighted by molar-refractivity contribution is 5.16. The summed E-state index contributed by atoms with van der Waals surface area (Å²) >= 11 is 0. The number of hydrogen-bond donors (Lipinski definition) is 1. The van der Waals surface area contributed by atoms with E-state index in [2.05, 4.69) is 27.2 Å². The van der Waals surface area contributed by atoms with Gasteiger partial charge in [-0.25, -0.2) is 9.97 Å². The van der Waals surface area contributed by atoms with E-state index < -0.39 is 0 Å². The van der Waals surface area contributed by atoms with E-state index in [4.69, 9.17) is 5.26 Å². The van der Waals surface area contributed by atoms with E-state index >= 15 is 0 Å². The van der Waals surface area contributed by atoms with Crippen molar-refractivity contribution in [1.82, 2.24) is 20.2 Å². The van der Waals surface area contributed by atoms with Gasteiger partial charge in [0.05, 0.1) is 0 Å². The van der Waals surface area contributed by atoms with Gasteiger partial charge in [-0.05, 0) is 26.6 Å². The summed E-state index contributed by atoms with van der Waals surface area (Å²) in [6, 6.07) is 2.23. The van der Waals surface area contributed by atoms with Crippen molar-refractivity contribution in [3.63, 3.8) is 0 Å². The Morgan fingerprint density at radius 2 is 2.25 bits per heavy atom. The minimum absolute atomic E-state index is 0.230. The van der Waals surface area contributed by atoms with Gasteiger partial charge in [-0.3, -0.25) is 4.90 Å². The molecule has 0 aromatic carbocycles. The SMILES string of the molecule is CN1CCCNCC1c1cnc(C#N)nc1. The summed E-state index contributed by atoms with van der Waals surface area (Å²) in [4.78, 5) is 10.3. The maximum atomic E-state index is 8.64. The van der Waals surface area contributed by atoms with Gasteiger partial charge in [0.2, 0.25) is 5.82 Å². The molecule has 1 aliphatic rings. The van der Waals surface area contributed by atoms with E-state index in [0.29, 0.717) is 6.04 Å². The smallest absolute Gasteiger partial charge is 0.232 e. The Kier molecular flexibility index (Phi) is 3.44. The van der Waals surface area contributed by atoms with Crippen molar-refractivity contribution in [2.45, 2.75) is 12.5 Å². The normalized spacial score (nSPS) is 22.4. The van der Waals surface area contributed by atoms with Crippen molar-refractivity contribution in [1.29, 1.82) is 5.26 Å². The van der Waals surface area contributed by atoms with E-state index in [9.17, 15) is 0 Å². The molecule has 1 N–H and O–H groups in total. The molecular weight excluding hydrogens is 202 g/mol. The fourth-order valence-electron chi connectivity index (χ4n) is 1.94. The topological polar surface area (TPSA) is 64.8 Å². The molecule has 1 atom stereocenters. The third-order valence-electron chi connectivity index (χ3n) is 2.89. The highest BCUT2D eigenvalue weighted by Gasteiger charge is 2.19. The highest BCUT2D eigenvalue weighted by Crippen LogP contribution is 2.18. The lowest BCUT2D eigenvalue weighted by atomic mass is 10.1. The van der Waals surface area contributed by atoms with Crippen LogP contribution in [0.1, 0.15) is 23.9 Å². The molecule has 1 fully saturated rings. The number of nitrogens with one attached hydrogen (secondary N) is 1. The van der Waals surface area contributed by atoms with Gasteiger partial charge < -0.3 is 5.32 Å². The molecule has 0 amide bonds. The molecule has 84 valence electrons. The molecule has 5 heteroatoms. The Balaban J connectivity index is 2.18. The number of nitriles is 1. The van der Waals surface area contributed by atoms with Crippen molar-refractivity contribution in [3.05, 3.63) is 23.8 Å². The van der Waals surface area contributed by atoms with Gasteiger partial charge in [-0.2, -0.15) is 5.26 Å². The Labute approximate surface area is 95.1 Å². The Bertz CT molecular complexity index is 380. The second-order valence-electron chi connectivity index (χ2n) is 4.01. The quantitative estimate of drug-likeness (QED) is 0.733. The molecule has 1 aromatic rings. The first kappa shape index (κ1) is 11.0. The first-order chi connectivity index (χ1) is 7.81. The van der Waals surface area contributed by atoms with Crippen LogP contribution >= 0.6 is 0 Å². The number of hydrogen-bond acceptors (Lipinski definition) is 5. The lowest BCUT2D eigenvalue weighted by molar-refractivity contribution is 0.260. The van der Waals surface area contributed by atoms with Gasteiger partial charge in [0, 0.05) is 30.5 Å². The maximum absolute atomic E-state index is 8.64. The lowest BCUT2D eigenvalue weighted by Gasteiger charge is -2.25. The largest absolute Gasteiger partial charge is 0.315 e. The minimum atomic E-state index is 0.230. The number of likely N-dealkylation sites (N-methyl/N-ethyl adjacent to an activating group) is 1. The van der Waals surface area contributed by atoms with Crippen LogP contribution in [-0.4, -0.2) is 41.5 Å². The zero-order chi connectivity index (χ0) is 11.4. The average Bonchev–Trinajstić information content (AvgIpc) is 2.54. The van der Waals surface area contributed by atoms with Gasteiger partial charge in [-0.15, -0.1) is 0 Å². The van der Waals surface area contributed by atoms with E-state index in [1.165, 1.54) is 0 Å². The van der Waals surface area contributed by atoms with Crippen molar-refractivity contribution >= 4 is 0 Å². The molecule has 0 bridgehead atoms. The second kappa shape index (κ2) is 5.01. The Morgan fingerprint density at radius 1 is 1.50 bits per heavy atom. The fraction of sp³-hybridized carbons (Fsp3) is 0.545. The summed E-state index contributed by atoms with van der Waals surface area (Å²) in [6.45, 7) is 3.03. The second-order valence-corrected chi connectivity index (χ2v) is 4.01. The van der Waals surface area contributed by atoms with Crippen LogP contribution in [0.3, 0.4) is 0 Å². The minimum Gasteiger partial charge on any atom is -0.315 e. The summed E-state index contributed by atoms with van der Waals surface area (Å²) in [5.41, 5.74) is 1.07. The monoisotopic (exact) mass is 217 g/mol. The predicted octanol–water partition coefficient (Wildman–Crippen LogP) is 0.314. The summed E-state index contributed by atoms with van der Waals surface area (Å²) in [6.07, 6.45) is 4.66. The summed E-state index contributed by atoms with van der Waals surface area (Å²) in [5.74, 6) is 0.230. The van der Waals surface area contributed by atoms with Gasteiger partial charge in [0.25, 0.3) is 0 Å². The molecule has 0 radical (unpaired) electrons. The molecule has 1 aliphatic heterocycles. The summed E-state index contributed by atoms with van der Waals surface area (Å²) in [7, 11) is 2.11. The van der Waals surface area contributed by atoms with E-state index in [1.54, 1.807) is 12.4 Å². The fourth-order valence-corrected chi connectivity index (χ4v) is 1.94. The van der Waals surface area contributed by atoms with Crippen LogP contribution in [0.2, 0.25) is 0 Å². The van der Waals surface area contributed by atoms with Crippen LogP contribution in [-0.2, 0) is 0 Å². The lowest BCUT2D eigenvalue weighted by Crippen LogP contribution is -2.29. The van der Waals surface area contributed by atoms with Crippen LogP contribution in [0.15, 0.2) is 12.4 Å². The van der Waals surface area contributed by atoms with Crippen LogP contribution in [0.4, 0.5) is 0 Å². The first-order valence-corrected chi connectivity index (χ1v) is 5.44. The summed E-state index contributed by atoms with van der Waals surface area (Å²) in [5, 5.41) is 12.0. The number of aromatic nitrogens is 2. The zero-order valence-electron chi connectivity index (χ0n) is 9.35. The van der Waals surface area contributed by atoms with Crippen molar-refractivity contribution in [3.8, 4) is 6.07 Å².